The van der Waals surface area contributed by atoms with Crippen LogP contribution in [0, 0.1) is 0 Å². The lowest BCUT2D eigenvalue weighted by Crippen LogP contribution is -2.35. The number of aromatic nitrogens is 2. The zero-order chi connectivity index (χ0) is 14.3. The average molecular weight is 295 g/mol. The van der Waals surface area contributed by atoms with E-state index in [9.17, 15) is 19.8 Å². The molecule has 2 aromatic rings. The van der Waals surface area contributed by atoms with Gasteiger partial charge in [0.1, 0.15) is 11.4 Å². The van der Waals surface area contributed by atoms with Gasteiger partial charge < -0.3 is 15.1 Å². The van der Waals surface area contributed by atoms with Crippen LogP contribution in [0.15, 0.2) is 22.6 Å². The Morgan fingerprint density at radius 2 is 2.10 bits per heavy atom. The van der Waals surface area contributed by atoms with E-state index in [4.69, 9.17) is 0 Å². The maximum absolute atomic E-state index is 12.1. The standard InChI is InChI=1S/C12H13N3O4S/c16-8-3-14(4-9(8)17)10(18)5-15-6-13-11-7(12(15)19)1-2-20-11/h1-2,6,8-9,16-17H,3-5H2/t8-,9+. The predicted octanol–water partition coefficient (Wildman–Crippen LogP) is -0.978. The fourth-order valence-corrected chi connectivity index (χ4v) is 2.95. The van der Waals surface area contributed by atoms with Gasteiger partial charge in [-0.05, 0) is 11.4 Å². The van der Waals surface area contributed by atoms with Crippen LogP contribution >= 0.6 is 11.3 Å². The number of thiophene rings is 1. The minimum absolute atomic E-state index is 0.0862. The van der Waals surface area contributed by atoms with E-state index >= 15 is 0 Å². The van der Waals surface area contributed by atoms with Crippen molar-refractivity contribution in [2.75, 3.05) is 13.1 Å². The van der Waals surface area contributed by atoms with E-state index in [1.807, 2.05) is 0 Å². The molecule has 1 fully saturated rings. The summed E-state index contributed by atoms with van der Waals surface area (Å²) in [6, 6.07) is 1.68. The number of hydrogen-bond donors (Lipinski definition) is 2. The molecule has 2 aromatic heterocycles. The molecule has 0 bridgehead atoms. The van der Waals surface area contributed by atoms with Crippen LogP contribution < -0.4 is 5.56 Å². The van der Waals surface area contributed by atoms with Gasteiger partial charge in [-0.3, -0.25) is 14.2 Å². The second kappa shape index (κ2) is 4.97. The molecule has 2 N–H and O–H groups in total. The Morgan fingerprint density at radius 1 is 1.40 bits per heavy atom. The number of amides is 1. The SMILES string of the molecule is O=C(Cn1cnc2sccc2c1=O)N1C[C@@H](O)[C@@H](O)C1. The summed E-state index contributed by atoms with van der Waals surface area (Å²) in [6.45, 7) is 0.0306. The number of rotatable bonds is 2. The molecule has 1 aliphatic rings. The van der Waals surface area contributed by atoms with Crippen LogP contribution in [-0.4, -0.2) is 55.9 Å². The van der Waals surface area contributed by atoms with E-state index in [0.717, 1.165) is 0 Å². The number of fused-ring (bicyclic) bond motifs is 1. The van der Waals surface area contributed by atoms with Crippen LogP contribution in [0.4, 0.5) is 0 Å². The smallest absolute Gasteiger partial charge is 0.262 e. The summed E-state index contributed by atoms with van der Waals surface area (Å²) >= 11 is 1.37. The lowest BCUT2D eigenvalue weighted by Gasteiger charge is -2.15. The minimum Gasteiger partial charge on any atom is -0.388 e. The van der Waals surface area contributed by atoms with Crippen molar-refractivity contribution in [3.63, 3.8) is 0 Å². The lowest BCUT2D eigenvalue weighted by atomic mass is 10.3. The number of aliphatic hydroxyl groups is 2. The van der Waals surface area contributed by atoms with E-state index in [1.54, 1.807) is 11.4 Å². The number of carbonyl (C=O) groups excluding carboxylic acids is 1. The molecular formula is C12H13N3O4S. The average Bonchev–Trinajstić information content (AvgIpc) is 3.01. The van der Waals surface area contributed by atoms with Gasteiger partial charge in [0.05, 0.1) is 23.9 Å². The highest BCUT2D eigenvalue weighted by molar-refractivity contribution is 7.16. The third-order valence-corrected chi connectivity index (χ3v) is 4.19. The second-order valence-corrected chi connectivity index (χ2v) is 5.65. The molecule has 106 valence electrons. The Balaban J connectivity index is 1.81. The zero-order valence-electron chi connectivity index (χ0n) is 10.5. The Bertz CT molecular complexity index is 700. The van der Waals surface area contributed by atoms with Gasteiger partial charge in [-0.15, -0.1) is 11.3 Å². The monoisotopic (exact) mass is 295 g/mol. The number of β-amino-alcohol motifs (C(OH)–C–C–N with tert-alkyl or cyclic N) is 2. The van der Waals surface area contributed by atoms with Crippen molar-refractivity contribution in [2.45, 2.75) is 18.8 Å². The molecule has 8 heteroatoms. The van der Waals surface area contributed by atoms with Crippen LogP contribution in [0.3, 0.4) is 0 Å². The molecule has 1 amide bonds. The Kier molecular flexibility index (Phi) is 3.28. The van der Waals surface area contributed by atoms with E-state index in [2.05, 4.69) is 4.98 Å². The van der Waals surface area contributed by atoms with Gasteiger partial charge in [0, 0.05) is 13.1 Å². The van der Waals surface area contributed by atoms with Crippen molar-refractivity contribution in [2.24, 2.45) is 0 Å². The molecule has 0 saturated carbocycles. The highest BCUT2D eigenvalue weighted by Crippen LogP contribution is 2.14. The molecule has 0 aliphatic carbocycles. The van der Waals surface area contributed by atoms with Gasteiger partial charge in [-0.2, -0.15) is 0 Å². The first-order valence-electron chi connectivity index (χ1n) is 6.13. The van der Waals surface area contributed by atoms with E-state index in [1.165, 1.54) is 27.1 Å². The van der Waals surface area contributed by atoms with Crippen LogP contribution in [0.5, 0.6) is 0 Å². The van der Waals surface area contributed by atoms with Crippen molar-refractivity contribution >= 4 is 27.5 Å². The van der Waals surface area contributed by atoms with Gasteiger partial charge >= 0.3 is 0 Å². The number of nitrogens with zero attached hydrogens (tertiary/aromatic N) is 3. The second-order valence-electron chi connectivity index (χ2n) is 4.75. The normalized spacial score (nSPS) is 22.6. The maximum atomic E-state index is 12.1. The van der Waals surface area contributed by atoms with Crippen LogP contribution in [0.1, 0.15) is 0 Å². The summed E-state index contributed by atoms with van der Waals surface area (Å²) in [5.41, 5.74) is -0.259. The van der Waals surface area contributed by atoms with Crippen molar-refractivity contribution < 1.29 is 15.0 Å². The number of hydrogen-bond acceptors (Lipinski definition) is 6. The summed E-state index contributed by atoms with van der Waals surface area (Å²) in [7, 11) is 0. The quantitative estimate of drug-likeness (QED) is 0.742. The van der Waals surface area contributed by atoms with E-state index < -0.39 is 12.2 Å². The minimum atomic E-state index is -0.923. The predicted molar refractivity (Wildman–Crippen MR) is 72.5 cm³/mol. The topological polar surface area (TPSA) is 95.7 Å². The fourth-order valence-electron chi connectivity index (χ4n) is 2.22. The van der Waals surface area contributed by atoms with Gasteiger partial charge in [-0.25, -0.2) is 4.98 Å². The molecule has 0 radical (unpaired) electrons. The summed E-state index contributed by atoms with van der Waals surface area (Å²) in [5.74, 6) is -0.320. The van der Waals surface area contributed by atoms with Gasteiger partial charge in [0.15, 0.2) is 0 Å². The Labute approximate surface area is 117 Å². The van der Waals surface area contributed by atoms with E-state index in [-0.39, 0.29) is 31.1 Å². The molecule has 3 rings (SSSR count). The first kappa shape index (κ1) is 13.2. The highest BCUT2D eigenvalue weighted by Gasteiger charge is 2.32. The van der Waals surface area contributed by atoms with Gasteiger partial charge in [0.2, 0.25) is 5.91 Å². The molecule has 0 unspecified atom stereocenters. The summed E-state index contributed by atoms with van der Waals surface area (Å²) in [6.07, 6.45) is -0.497. The molecule has 1 aliphatic heterocycles. The molecule has 0 spiro atoms. The summed E-state index contributed by atoms with van der Waals surface area (Å²) in [4.78, 5) is 30.3. The number of carbonyl (C=O) groups is 1. The Hall–Kier alpha value is -1.77. The van der Waals surface area contributed by atoms with E-state index in [0.29, 0.717) is 10.2 Å². The van der Waals surface area contributed by atoms with Crippen LogP contribution in [0.2, 0.25) is 0 Å². The molecule has 1 saturated heterocycles. The van der Waals surface area contributed by atoms with Crippen LogP contribution in [0.25, 0.3) is 10.2 Å². The molecular weight excluding hydrogens is 282 g/mol. The summed E-state index contributed by atoms with van der Waals surface area (Å²) < 4.78 is 1.24. The van der Waals surface area contributed by atoms with Crippen molar-refractivity contribution in [1.82, 2.24) is 14.5 Å². The highest BCUT2D eigenvalue weighted by atomic mass is 32.1. The molecule has 3 heterocycles. The number of likely N-dealkylation sites (tertiary alicyclic amines) is 1. The zero-order valence-corrected chi connectivity index (χ0v) is 11.3. The van der Waals surface area contributed by atoms with Crippen molar-refractivity contribution in [1.29, 1.82) is 0 Å². The lowest BCUT2D eigenvalue weighted by molar-refractivity contribution is -0.131. The van der Waals surface area contributed by atoms with Crippen molar-refractivity contribution in [3.05, 3.63) is 28.1 Å². The maximum Gasteiger partial charge on any atom is 0.262 e. The molecule has 0 aromatic carbocycles. The van der Waals surface area contributed by atoms with Gasteiger partial charge in [-0.1, -0.05) is 0 Å². The third-order valence-electron chi connectivity index (χ3n) is 3.37. The fraction of sp³-hybridized carbons (Fsp3) is 0.417. The Morgan fingerprint density at radius 3 is 2.80 bits per heavy atom. The third kappa shape index (κ3) is 2.21. The van der Waals surface area contributed by atoms with Crippen molar-refractivity contribution in [3.8, 4) is 0 Å². The largest absolute Gasteiger partial charge is 0.388 e. The first-order valence-corrected chi connectivity index (χ1v) is 7.01. The van der Waals surface area contributed by atoms with Crippen LogP contribution in [-0.2, 0) is 11.3 Å². The molecule has 7 nitrogen and oxygen atoms in total. The molecule has 20 heavy (non-hydrogen) atoms. The number of aliphatic hydroxyl groups excluding tert-OH is 2. The summed E-state index contributed by atoms with van der Waals surface area (Å²) in [5, 5.41) is 21.1. The first-order chi connectivity index (χ1) is 9.56. The van der Waals surface area contributed by atoms with Gasteiger partial charge in [0.25, 0.3) is 5.56 Å². The molecule has 2 atom stereocenters.